The van der Waals surface area contributed by atoms with Gasteiger partial charge in [0, 0.05) is 19.1 Å². The first kappa shape index (κ1) is 33.3. The van der Waals surface area contributed by atoms with Crippen molar-refractivity contribution in [2.24, 2.45) is 23.2 Å². The lowest BCUT2D eigenvalue weighted by Gasteiger charge is -2.64. The molecule has 45 heavy (non-hydrogen) atoms. The molecule has 6 atom stereocenters. The first-order valence-electron chi connectivity index (χ1n) is 15.9. The Morgan fingerprint density at radius 2 is 1.91 bits per heavy atom. The number of aromatic amines is 1. The van der Waals surface area contributed by atoms with Gasteiger partial charge in [-0.05, 0) is 86.5 Å². The molecule has 3 saturated carbocycles. The molecule has 1 saturated heterocycles. The number of ether oxygens (including phenoxy) is 1. The largest absolute Gasteiger partial charge is 0.481 e. The van der Waals surface area contributed by atoms with Crippen molar-refractivity contribution in [1.29, 1.82) is 0 Å². The van der Waals surface area contributed by atoms with Crippen molar-refractivity contribution in [1.82, 2.24) is 20.8 Å². The normalized spacial score (nSPS) is 26.2. The minimum Gasteiger partial charge on any atom is -0.404 e. The van der Waals surface area contributed by atoms with Crippen LogP contribution in [0.2, 0.25) is 0 Å². The van der Waals surface area contributed by atoms with Gasteiger partial charge >= 0.3 is 7.12 Å². The molecule has 4 fully saturated rings. The second-order valence-electron chi connectivity index (χ2n) is 14.3. The van der Waals surface area contributed by atoms with Gasteiger partial charge in [-0.2, -0.15) is 5.10 Å². The van der Waals surface area contributed by atoms with Gasteiger partial charge in [0.25, 0.3) is 11.5 Å². The molecule has 3 N–H and O–H groups in total. The van der Waals surface area contributed by atoms with Crippen molar-refractivity contribution in [2.45, 2.75) is 97.8 Å². The number of hydrogen-bond acceptors (Lipinski definition) is 7. The molecular formula is C33H46BFN4O6. The lowest BCUT2D eigenvalue weighted by atomic mass is 9.43. The maximum Gasteiger partial charge on any atom is 0.481 e. The van der Waals surface area contributed by atoms with E-state index in [9.17, 15) is 18.8 Å². The molecule has 2 heterocycles. The molecule has 2 amide bonds. The number of aromatic nitrogens is 2. The van der Waals surface area contributed by atoms with Gasteiger partial charge in [-0.3, -0.25) is 14.4 Å². The Balaban J connectivity index is 1.30. The third-order valence-corrected chi connectivity index (χ3v) is 10.6. The molecule has 6 rings (SSSR count). The number of hydrogen-bond donors (Lipinski definition) is 3. The molecule has 1 aromatic heterocycles. The summed E-state index contributed by atoms with van der Waals surface area (Å²) in [6, 6.07) is 3.12. The molecule has 3 aliphatic carbocycles. The van der Waals surface area contributed by atoms with Gasteiger partial charge in [-0.25, -0.2) is 9.49 Å². The van der Waals surface area contributed by atoms with Crippen LogP contribution in [0.15, 0.2) is 23.0 Å². The van der Waals surface area contributed by atoms with Gasteiger partial charge in [0.15, 0.2) is 0 Å². The molecule has 2 bridgehead atoms. The van der Waals surface area contributed by atoms with E-state index in [0.717, 1.165) is 18.4 Å². The number of nitrogens with zero attached hydrogens (tertiary/aromatic N) is 1. The molecule has 12 heteroatoms. The van der Waals surface area contributed by atoms with E-state index in [4.69, 9.17) is 14.0 Å². The number of halogens is 1. The zero-order chi connectivity index (χ0) is 32.8. The molecule has 4 aliphatic rings. The summed E-state index contributed by atoms with van der Waals surface area (Å²) in [5, 5.41) is 12.3. The summed E-state index contributed by atoms with van der Waals surface area (Å²) in [6.45, 7) is 14.3. The van der Waals surface area contributed by atoms with Gasteiger partial charge in [0.05, 0.1) is 35.5 Å². The fourth-order valence-electron chi connectivity index (χ4n) is 7.58. The molecule has 0 radical (unpaired) electrons. The van der Waals surface area contributed by atoms with E-state index in [1.54, 1.807) is 19.9 Å². The third kappa shape index (κ3) is 6.33. The van der Waals surface area contributed by atoms with Crippen LogP contribution < -0.4 is 16.2 Å². The standard InChI is InChI=1S/C33H46BFN4O6/c1-17(2)11-28(34-44-27-15-21-14-26(32(21,5)6)33(27,7)45-34)37-31(42)25(16-43-8)36-30(41)22-12-20(9-10-23(22)35)13-24-18(3)19(4)29(40)39-38-24/h9-10,12,17,21,25-28H,11,13-16H2,1-8H3,(H,36,41)(H,37,42)(H,39,40)/t21-,25-,26-,27+,28-,33-/m0/s1. The molecule has 244 valence electrons. The number of nitrogens with one attached hydrogen (secondary N) is 3. The summed E-state index contributed by atoms with van der Waals surface area (Å²) in [5.41, 5.74) is 1.80. The highest BCUT2D eigenvalue weighted by Crippen LogP contribution is 2.65. The smallest absolute Gasteiger partial charge is 0.404 e. The minimum atomic E-state index is -1.09. The van der Waals surface area contributed by atoms with Gasteiger partial charge in [-0.1, -0.05) is 33.8 Å². The molecular weight excluding hydrogens is 578 g/mol. The molecule has 1 aliphatic heterocycles. The number of amides is 2. The van der Waals surface area contributed by atoms with Crippen LogP contribution in [0, 0.1) is 42.8 Å². The Labute approximate surface area is 264 Å². The predicted octanol–water partition coefficient (Wildman–Crippen LogP) is 3.66. The Kier molecular flexibility index (Phi) is 9.32. The van der Waals surface area contributed by atoms with Crippen LogP contribution in [0.3, 0.4) is 0 Å². The second-order valence-corrected chi connectivity index (χ2v) is 14.3. The Morgan fingerprint density at radius 3 is 2.58 bits per heavy atom. The first-order chi connectivity index (χ1) is 21.1. The number of rotatable bonds is 11. The van der Waals surface area contributed by atoms with Gasteiger partial charge in [0.2, 0.25) is 5.91 Å². The Hall–Kier alpha value is -3.09. The summed E-state index contributed by atoms with van der Waals surface area (Å²) >= 11 is 0. The lowest BCUT2D eigenvalue weighted by molar-refractivity contribution is -0.199. The lowest BCUT2D eigenvalue weighted by Crippen LogP contribution is -2.65. The minimum absolute atomic E-state index is 0.0328. The predicted molar refractivity (Wildman–Crippen MR) is 168 cm³/mol. The van der Waals surface area contributed by atoms with Crippen LogP contribution in [-0.4, -0.2) is 66.5 Å². The molecule has 2 aromatic rings. The first-order valence-corrected chi connectivity index (χ1v) is 15.9. The highest BCUT2D eigenvalue weighted by molar-refractivity contribution is 6.48. The van der Waals surface area contributed by atoms with Crippen molar-refractivity contribution in [2.75, 3.05) is 13.7 Å². The molecule has 0 unspecified atom stereocenters. The molecule has 0 spiro atoms. The second kappa shape index (κ2) is 12.6. The number of H-pyrrole nitrogens is 1. The van der Waals surface area contributed by atoms with E-state index < -0.39 is 42.3 Å². The summed E-state index contributed by atoms with van der Waals surface area (Å²) < 4.78 is 33.4. The number of carbonyl (C=O) groups excluding carboxylic acids is 2. The van der Waals surface area contributed by atoms with Crippen molar-refractivity contribution >= 4 is 18.9 Å². The highest BCUT2D eigenvalue weighted by Gasteiger charge is 2.68. The Morgan fingerprint density at radius 1 is 1.18 bits per heavy atom. The van der Waals surface area contributed by atoms with Crippen LogP contribution in [0.1, 0.15) is 86.6 Å². The fraction of sp³-hybridized carbons (Fsp3) is 0.636. The number of carbonyl (C=O) groups is 2. The quantitative estimate of drug-likeness (QED) is 0.325. The van der Waals surface area contributed by atoms with E-state index in [2.05, 4.69) is 55.4 Å². The van der Waals surface area contributed by atoms with Crippen molar-refractivity contribution in [3.8, 4) is 0 Å². The maximum absolute atomic E-state index is 14.9. The van der Waals surface area contributed by atoms with Crippen LogP contribution in [0.4, 0.5) is 4.39 Å². The number of benzene rings is 1. The van der Waals surface area contributed by atoms with E-state index in [1.807, 2.05) is 0 Å². The number of methoxy groups -OCH3 is 1. The zero-order valence-corrected chi connectivity index (χ0v) is 27.6. The van der Waals surface area contributed by atoms with Crippen LogP contribution >= 0.6 is 0 Å². The van der Waals surface area contributed by atoms with Gasteiger partial charge in [0.1, 0.15) is 11.9 Å². The summed E-state index contributed by atoms with van der Waals surface area (Å²) in [4.78, 5) is 38.9. The molecule has 1 aromatic carbocycles. The van der Waals surface area contributed by atoms with Crippen molar-refractivity contribution in [3.05, 3.63) is 62.3 Å². The summed E-state index contributed by atoms with van der Waals surface area (Å²) in [6.07, 6.45) is 2.91. The SMILES string of the molecule is COC[C@H](NC(=O)c1cc(Cc2n[nH]c(=O)c(C)c2C)ccc1F)C(=O)N[C@@H](CC(C)C)B1O[C@@H]2C[C@@H]3C[C@@H](C3(C)C)[C@]2(C)O1. The summed E-state index contributed by atoms with van der Waals surface area (Å²) in [7, 11) is 0.812. The van der Waals surface area contributed by atoms with E-state index in [0.29, 0.717) is 35.1 Å². The van der Waals surface area contributed by atoms with E-state index in [1.165, 1.54) is 19.2 Å². The monoisotopic (exact) mass is 624 g/mol. The van der Waals surface area contributed by atoms with Crippen LogP contribution in [0.25, 0.3) is 0 Å². The van der Waals surface area contributed by atoms with Crippen molar-refractivity contribution in [3.63, 3.8) is 0 Å². The average Bonchev–Trinajstić information content (AvgIpc) is 3.34. The average molecular weight is 625 g/mol. The Bertz CT molecular complexity index is 1510. The van der Waals surface area contributed by atoms with Crippen molar-refractivity contribution < 1.29 is 28.0 Å². The van der Waals surface area contributed by atoms with Crippen LogP contribution in [-0.2, 0) is 25.3 Å². The van der Waals surface area contributed by atoms with Crippen LogP contribution in [0.5, 0.6) is 0 Å². The highest BCUT2D eigenvalue weighted by atomic mass is 19.1. The zero-order valence-electron chi connectivity index (χ0n) is 27.6. The fourth-order valence-corrected chi connectivity index (χ4v) is 7.58. The van der Waals surface area contributed by atoms with E-state index >= 15 is 0 Å². The topological polar surface area (TPSA) is 132 Å². The third-order valence-electron chi connectivity index (χ3n) is 10.6. The van der Waals surface area contributed by atoms with Gasteiger partial charge < -0.3 is 24.7 Å². The van der Waals surface area contributed by atoms with E-state index in [-0.39, 0.29) is 41.6 Å². The summed E-state index contributed by atoms with van der Waals surface area (Å²) in [5.74, 6) is -1.17. The maximum atomic E-state index is 14.9. The molecule has 10 nitrogen and oxygen atoms in total. The van der Waals surface area contributed by atoms with Gasteiger partial charge in [-0.15, -0.1) is 0 Å².